The molecule has 0 amide bonds. The molecule has 0 rings (SSSR count). The van der Waals surface area contributed by atoms with Gasteiger partial charge in [0.2, 0.25) is 0 Å². The van der Waals surface area contributed by atoms with Crippen LogP contribution in [0, 0.1) is 0 Å². The van der Waals surface area contributed by atoms with Crippen LogP contribution in [0.25, 0.3) is 0 Å². The lowest BCUT2D eigenvalue weighted by molar-refractivity contribution is 0.720. The van der Waals surface area contributed by atoms with E-state index in [9.17, 15) is 0 Å². The zero-order valence-corrected chi connectivity index (χ0v) is 10.7. The Labute approximate surface area is 94.8 Å². The van der Waals surface area contributed by atoms with Gasteiger partial charge in [-0.05, 0) is 45.9 Å². The summed E-state index contributed by atoms with van der Waals surface area (Å²) in [5.74, 6) is 0. The molecule has 2 N–H and O–H groups in total. The van der Waals surface area contributed by atoms with Crippen molar-refractivity contribution in [1.29, 1.82) is 0 Å². The van der Waals surface area contributed by atoms with Crippen molar-refractivity contribution in [3.63, 3.8) is 0 Å². The van der Waals surface area contributed by atoms with Crippen molar-refractivity contribution in [2.75, 3.05) is 20.6 Å². The molecular weight excluding hydrogens is 184 g/mol. The number of allylic oxidation sites excluding steroid dienone is 4. The van der Waals surface area contributed by atoms with Crippen LogP contribution in [0.1, 0.15) is 39.5 Å². The molecule has 0 aliphatic carbocycles. The van der Waals surface area contributed by atoms with Crippen LogP contribution in [0.5, 0.6) is 0 Å². The Morgan fingerprint density at radius 2 is 1.87 bits per heavy atom. The molecule has 0 atom stereocenters. The zero-order valence-electron chi connectivity index (χ0n) is 10.7. The molecule has 0 spiro atoms. The second-order valence-corrected chi connectivity index (χ2v) is 3.91. The molecule has 2 heteroatoms. The van der Waals surface area contributed by atoms with E-state index < -0.39 is 0 Å². The van der Waals surface area contributed by atoms with Gasteiger partial charge in [-0.3, -0.25) is 0 Å². The quantitative estimate of drug-likeness (QED) is 0.475. The van der Waals surface area contributed by atoms with Crippen LogP contribution in [-0.2, 0) is 0 Å². The van der Waals surface area contributed by atoms with Crippen LogP contribution < -0.4 is 10.6 Å². The largest absolute Gasteiger partial charge is 0.391 e. The Balaban J connectivity index is 3.98. The number of hydrogen-bond acceptors (Lipinski definition) is 2. The second-order valence-electron chi connectivity index (χ2n) is 3.91. The summed E-state index contributed by atoms with van der Waals surface area (Å²) in [5, 5.41) is 6.39. The summed E-state index contributed by atoms with van der Waals surface area (Å²) in [6, 6.07) is 0. The van der Waals surface area contributed by atoms with E-state index in [1.807, 2.05) is 14.1 Å². The minimum atomic E-state index is 1.10. The molecule has 0 unspecified atom stereocenters. The van der Waals surface area contributed by atoms with Crippen molar-refractivity contribution < 1.29 is 0 Å². The van der Waals surface area contributed by atoms with E-state index in [0.717, 1.165) is 13.0 Å². The van der Waals surface area contributed by atoms with Crippen molar-refractivity contribution in [1.82, 2.24) is 10.6 Å². The van der Waals surface area contributed by atoms with Gasteiger partial charge in [-0.25, -0.2) is 0 Å². The van der Waals surface area contributed by atoms with E-state index in [1.165, 1.54) is 30.5 Å². The minimum absolute atomic E-state index is 1.10. The third-order valence-corrected chi connectivity index (χ3v) is 2.41. The minimum Gasteiger partial charge on any atom is -0.391 e. The summed E-state index contributed by atoms with van der Waals surface area (Å²) in [4.78, 5) is 0. The Bertz CT molecular complexity index is 205. The maximum atomic E-state index is 3.23. The summed E-state index contributed by atoms with van der Waals surface area (Å²) in [5.41, 5.74) is 2.78. The molecule has 0 saturated carbocycles. The van der Waals surface area contributed by atoms with Crippen LogP contribution in [0.15, 0.2) is 23.4 Å². The highest BCUT2D eigenvalue weighted by atomic mass is 14.8. The van der Waals surface area contributed by atoms with E-state index in [-0.39, 0.29) is 0 Å². The summed E-state index contributed by atoms with van der Waals surface area (Å²) < 4.78 is 0. The fourth-order valence-corrected chi connectivity index (χ4v) is 1.43. The van der Waals surface area contributed by atoms with Gasteiger partial charge < -0.3 is 10.6 Å². The highest BCUT2D eigenvalue weighted by molar-refractivity contribution is 5.15. The van der Waals surface area contributed by atoms with Gasteiger partial charge in [0.25, 0.3) is 0 Å². The third kappa shape index (κ3) is 8.25. The standard InChI is InChI=1S/C13H26N2/c1-5-7-13(15-4)10-9-12(2)8-6-11-14-3/h9-10,14-15H,5-8,11H2,1-4H3/b12-9+,13-10-. The molecule has 0 fully saturated rings. The van der Waals surface area contributed by atoms with E-state index in [2.05, 4.69) is 36.6 Å². The average molecular weight is 210 g/mol. The van der Waals surface area contributed by atoms with Crippen molar-refractivity contribution >= 4 is 0 Å². The van der Waals surface area contributed by atoms with E-state index >= 15 is 0 Å². The average Bonchev–Trinajstić information content (AvgIpc) is 2.24. The molecule has 0 aromatic heterocycles. The Morgan fingerprint density at radius 3 is 2.40 bits per heavy atom. The van der Waals surface area contributed by atoms with Gasteiger partial charge >= 0.3 is 0 Å². The maximum Gasteiger partial charge on any atom is 0.0104 e. The monoisotopic (exact) mass is 210 g/mol. The summed E-state index contributed by atoms with van der Waals surface area (Å²) in [7, 11) is 3.99. The molecule has 0 aromatic carbocycles. The number of hydrogen-bond donors (Lipinski definition) is 2. The summed E-state index contributed by atoms with van der Waals surface area (Å²) >= 11 is 0. The summed E-state index contributed by atoms with van der Waals surface area (Å²) in [6.07, 6.45) is 9.17. The van der Waals surface area contributed by atoms with Crippen molar-refractivity contribution in [2.45, 2.75) is 39.5 Å². The van der Waals surface area contributed by atoms with Crippen LogP contribution in [-0.4, -0.2) is 20.6 Å². The van der Waals surface area contributed by atoms with Gasteiger partial charge in [0.1, 0.15) is 0 Å². The lowest BCUT2D eigenvalue weighted by Gasteiger charge is -2.04. The molecule has 0 aliphatic rings. The number of rotatable bonds is 8. The summed E-state index contributed by atoms with van der Waals surface area (Å²) in [6.45, 7) is 5.50. The molecule has 0 aromatic rings. The number of nitrogens with one attached hydrogen (secondary N) is 2. The topological polar surface area (TPSA) is 24.1 Å². The first-order valence-electron chi connectivity index (χ1n) is 5.93. The predicted molar refractivity (Wildman–Crippen MR) is 69.0 cm³/mol. The van der Waals surface area contributed by atoms with Gasteiger partial charge in [0.05, 0.1) is 0 Å². The molecule has 0 bridgehead atoms. The molecule has 0 aliphatic heterocycles. The van der Waals surface area contributed by atoms with E-state index in [1.54, 1.807) is 0 Å². The molecule has 0 radical (unpaired) electrons. The van der Waals surface area contributed by atoms with Gasteiger partial charge in [0, 0.05) is 12.7 Å². The fourth-order valence-electron chi connectivity index (χ4n) is 1.43. The third-order valence-electron chi connectivity index (χ3n) is 2.41. The van der Waals surface area contributed by atoms with Crippen molar-refractivity contribution in [2.24, 2.45) is 0 Å². The Kier molecular flexibility index (Phi) is 9.29. The van der Waals surface area contributed by atoms with Crippen LogP contribution in [0.3, 0.4) is 0 Å². The Hall–Kier alpha value is -0.760. The van der Waals surface area contributed by atoms with Gasteiger partial charge in [0.15, 0.2) is 0 Å². The van der Waals surface area contributed by atoms with Gasteiger partial charge in [-0.2, -0.15) is 0 Å². The molecule has 88 valence electrons. The van der Waals surface area contributed by atoms with E-state index in [4.69, 9.17) is 0 Å². The molecule has 0 saturated heterocycles. The fraction of sp³-hybridized carbons (Fsp3) is 0.692. The normalized spacial score (nSPS) is 13.1. The van der Waals surface area contributed by atoms with Crippen LogP contribution in [0.4, 0.5) is 0 Å². The first-order valence-corrected chi connectivity index (χ1v) is 5.93. The highest BCUT2D eigenvalue weighted by Crippen LogP contribution is 2.06. The second kappa shape index (κ2) is 9.78. The smallest absolute Gasteiger partial charge is 0.0104 e. The molecular formula is C13H26N2. The first kappa shape index (κ1) is 14.2. The van der Waals surface area contributed by atoms with E-state index in [0.29, 0.717) is 0 Å². The maximum absolute atomic E-state index is 3.23. The predicted octanol–water partition coefficient (Wildman–Crippen LogP) is 2.84. The molecule has 2 nitrogen and oxygen atoms in total. The van der Waals surface area contributed by atoms with Gasteiger partial charge in [-0.15, -0.1) is 0 Å². The highest BCUT2D eigenvalue weighted by Gasteiger charge is 1.91. The lowest BCUT2D eigenvalue weighted by Crippen LogP contribution is -2.07. The van der Waals surface area contributed by atoms with Crippen LogP contribution in [0.2, 0.25) is 0 Å². The SMILES string of the molecule is CCC/C(=C/C=C(\C)CCCNC)NC. The Morgan fingerprint density at radius 1 is 1.13 bits per heavy atom. The first-order chi connectivity index (χ1) is 7.24. The molecule has 0 heterocycles. The van der Waals surface area contributed by atoms with Crippen molar-refractivity contribution in [3.8, 4) is 0 Å². The van der Waals surface area contributed by atoms with Gasteiger partial charge in [-0.1, -0.05) is 25.0 Å². The molecule has 15 heavy (non-hydrogen) atoms. The van der Waals surface area contributed by atoms with Crippen LogP contribution >= 0.6 is 0 Å². The lowest BCUT2D eigenvalue weighted by atomic mass is 10.1. The van der Waals surface area contributed by atoms with Crippen molar-refractivity contribution in [3.05, 3.63) is 23.4 Å². The zero-order chi connectivity index (χ0) is 11.5.